The van der Waals surface area contributed by atoms with Crippen molar-refractivity contribution in [3.63, 3.8) is 0 Å². The van der Waals surface area contributed by atoms with E-state index in [1.807, 2.05) is 24.3 Å². The highest BCUT2D eigenvalue weighted by Crippen LogP contribution is 2.27. The summed E-state index contributed by atoms with van der Waals surface area (Å²) in [5, 5.41) is 2.85. The Morgan fingerprint density at radius 3 is 2.45 bits per heavy atom. The van der Waals surface area contributed by atoms with Crippen molar-refractivity contribution in [3.8, 4) is 11.5 Å². The topological polar surface area (TPSA) is 84.9 Å². The molecule has 0 spiro atoms. The normalized spacial score (nSPS) is 14.6. The Morgan fingerprint density at radius 2 is 1.79 bits per heavy atom. The fraction of sp³-hybridized carbons (Fsp3) is 0.480. The molecule has 1 fully saturated rings. The van der Waals surface area contributed by atoms with Gasteiger partial charge in [0, 0.05) is 19.5 Å². The monoisotopic (exact) mass is 474 g/mol. The van der Waals surface area contributed by atoms with Crippen LogP contribution >= 0.6 is 0 Å². The number of hydrogen-bond acceptors (Lipinski definition) is 5. The Labute approximate surface area is 197 Å². The number of hydrogen-bond donors (Lipinski definition) is 1. The number of benzene rings is 2. The molecule has 2 aromatic rings. The summed E-state index contributed by atoms with van der Waals surface area (Å²) < 4.78 is 38.6. The molecule has 8 heteroatoms. The molecule has 180 valence electrons. The lowest BCUT2D eigenvalue weighted by molar-refractivity contribution is -0.121. The molecule has 0 saturated carbocycles. The van der Waals surface area contributed by atoms with Gasteiger partial charge < -0.3 is 14.8 Å². The molecule has 2 aromatic carbocycles. The second kappa shape index (κ2) is 12.0. The lowest BCUT2D eigenvalue weighted by atomic mass is 10.1. The molecule has 0 atom stereocenters. The van der Waals surface area contributed by atoms with E-state index in [1.54, 1.807) is 29.6 Å². The summed E-state index contributed by atoms with van der Waals surface area (Å²) in [7, 11) is -1.99. The number of amides is 1. The Hall–Kier alpha value is -2.58. The van der Waals surface area contributed by atoms with E-state index in [4.69, 9.17) is 9.47 Å². The SMILES string of the molecule is CCc1ccc(OCCNC(=O)CCc2cc(S(=O)(=O)N3CCCCC3)ccc2OC)cc1. The maximum absolute atomic E-state index is 13.0. The van der Waals surface area contributed by atoms with Gasteiger partial charge in [-0.25, -0.2) is 8.42 Å². The van der Waals surface area contributed by atoms with Gasteiger partial charge in [0.2, 0.25) is 15.9 Å². The van der Waals surface area contributed by atoms with E-state index in [0.29, 0.717) is 44.0 Å². The van der Waals surface area contributed by atoms with E-state index in [-0.39, 0.29) is 17.2 Å². The molecule has 7 nitrogen and oxygen atoms in total. The summed E-state index contributed by atoms with van der Waals surface area (Å²) in [5.74, 6) is 1.24. The molecule has 3 rings (SSSR count). The van der Waals surface area contributed by atoms with Crippen molar-refractivity contribution in [1.82, 2.24) is 9.62 Å². The van der Waals surface area contributed by atoms with Gasteiger partial charge >= 0.3 is 0 Å². The van der Waals surface area contributed by atoms with Crippen LogP contribution in [-0.4, -0.2) is 52.0 Å². The number of carbonyl (C=O) groups excluding carboxylic acids is 1. The predicted molar refractivity (Wildman–Crippen MR) is 128 cm³/mol. The fourth-order valence-electron chi connectivity index (χ4n) is 3.88. The summed E-state index contributed by atoms with van der Waals surface area (Å²) in [6.45, 7) is 3.98. The number of nitrogens with zero attached hydrogens (tertiary/aromatic N) is 1. The van der Waals surface area contributed by atoms with Gasteiger partial charge in [0.05, 0.1) is 18.6 Å². The molecule has 1 amide bonds. The number of aryl methyl sites for hydroxylation is 2. The smallest absolute Gasteiger partial charge is 0.243 e. The maximum atomic E-state index is 13.0. The highest BCUT2D eigenvalue weighted by Gasteiger charge is 2.26. The summed E-state index contributed by atoms with van der Waals surface area (Å²) in [6.07, 6.45) is 4.43. The van der Waals surface area contributed by atoms with Crippen LogP contribution in [0.1, 0.15) is 43.7 Å². The largest absolute Gasteiger partial charge is 0.496 e. The Bertz CT molecular complexity index is 1020. The number of ether oxygens (including phenoxy) is 2. The van der Waals surface area contributed by atoms with Crippen LogP contribution in [0.2, 0.25) is 0 Å². The number of carbonyl (C=O) groups is 1. The predicted octanol–water partition coefficient (Wildman–Crippen LogP) is 3.56. The minimum atomic E-state index is -3.54. The molecule has 0 radical (unpaired) electrons. The summed E-state index contributed by atoms with van der Waals surface area (Å²) in [5.41, 5.74) is 1.96. The Kier molecular flexibility index (Phi) is 9.14. The van der Waals surface area contributed by atoms with E-state index in [1.165, 1.54) is 5.56 Å². The molecule has 0 bridgehead atoms. The molecule has 1 aliphatic heterocycles. The second-order valence-corrected chi connectivity index (χ2v) is 10.1. The van der Waals surface area contributed by atoms with Crippen molar-refractivity contribution < 1.29 is 22.7 Å². The van der Waals surface area contributed by atoms with Crippen LogP contribution in [0.3, 0.4) is 0 Å². The van der Waals surface area contributed by atoms with E-state index in [0.717, 1.165) is 31.4 Å². The maximum Gasteiger partial charge on any atom is 0.243 e. The molecule has 1 saturated heterocycles. The molecule has 1 N–H and O–H groups in total. The highest BCUT2D eigenvalue weighted by molar-refractivity contribution is 7.89. The van der Waals surface area contributed by atoms with Crippen molar-refractivity contribution in [2.75, 3.05) is 33.4 Å². The zero-order valence-electron chi connectivity index (χ0n) is 19.5. The van der Waals surface area contributed by atoms with Gasteiger partial charge in [-0.1, -0.05) is 25.5 Å². The lowest BCUT2D eigenvalue weighted by Crippen LogP contribution is -2.35. The molecule has 0 unspecified atom stereocenters. The molecule has 1 heterocycles. The number of rotatable bonds is 11. The third kappa shape index (κ3) is 6.95. The number of nitrogens with one attached hydrogen (secondary N) is 1. The average molecular weight is 475 g/mol. The van der Waals surface area contributed by atoms with Crippen LogP contribution in [0.15, 0.2) is 47.4 Å². The lowest BCUT2D eigenvalue weighted by Gasteiger charge is -2.26. The second-order valence-electron chi connectivity index (χ2n) is 8.13. The van der Waals surface area contributed by atoms with E-state index >= 15 is 0 Å². The van der Waals surface area contributed by atoms with E-state index in [2.05, 4.69) is 12.2 Å². The van der Waals surface area contributed by atoms with Crippen LogP contribution in [0, 0.1) is 0 Å². The van der Waals surface area contributed by atoms with Crippen molar-refractivity contribution in [2.45, 2.75) is 50.3 Å². The first kappa shape index (κ1) is 25.1. The zero-order chi connectivity index (χ0) is 23.7. The minimum absolute atomic E-state index is 0.119. The molecule has 1 aliphatic rings. The van der Waals surface area contributed by atoms with Crippen molar-refractivity contribution >= 4 is 15.9 Å². The Balaban J connectivity index is 1.51. The van der Waals surface area contributed by atoms with Crippen LogP contribution in [0.25, 0.3) is 0 Å². The number of sulfonamides is 1. The van der Waals surface area contributed by atoms with Crippen LogP contribution in [0.5, 0.6) is 11.5 Å². The van der Waals surface area contributed by atoms with Gasteiger partial charge in [-0.3, -0.25) is 4.79 Å². The fourth-order valence-corrected chi connectivity index (χ4v) is 5.45. The van der Waals surface area contributed by atoms with Crippen LogP contribution in [0.4, 0.5) is 0 Å². The molecule has 0 aromatic heterocycles. The average Bonchev–Trinajstić information content (AvgIpc) is 2.86. The van der Waals surface area contributed by atoms with E-state index in [9.17, 15) is 13.2 Å². The van der Waals surface area contributed by atoms with Crippen LogP contribution in [-0.2, 0) is 27.7 Å². The first-order valence-corrected chi connectivity index (χ1v) is 13.0. The highest BCUT2D eigenvalue weighted by atomic mass is 32.2. The van der Waals surface area contributed by atoms with Gasteiger partial charge in [-0.15, -0.1) is 0 Å². The van der Waals surface area contributed by atoms with Crippen molar-refractivity contribution in [3.05, 3.63) is 53.6 Å². The number of piperidine rings is 1. The van der Waals surface area contributed by atoms with Gasteiger partial charge in [0.15, 0.2) is 0 Å². The first-order valence-electron chi connectivity index (χ1n) is 11.6. The zero-order valence-corrected chi connectivity index (χ0v) is 20.3. The summed E-state index contributed by atoms with van der Waals surface area (Å²) >= 11 is 0. The van der Waals surface area contributed by atoms with Crippen LogP contribution < -0.4 is 14.8 Å². The van der Waals surface area contributed by atoms with Gasteiger partial charge in [-0.2, -0.15) is 4.31 Å². The quantitative estimate of drug-likeness (QED) is 0.504. The van der Waals surface area contributed by atoms with Gasteiger partial charge in [-0.05, 0) is 67.1 Å². The summed E-state index contributed by atoms with van der Waals surface area (Å²) in [4.78, 5) is 12.6. The third-order valence-corrected chi connectivity index (χ3v) is 7.75. The minimum Gasteiger partial charge on any atom is -0.496 e. The molecular formula is C25H34N2O5S. The standard InChI is InChI=1S/C25H34N2O5S/c1-3-20-7-10-22(11-8-20)32-18-15-26-25(28)14-9-21-19-23(12-13-24(21)31-2)33(29,30)27-16-5-4-6-17-27/h7-8,10-13,19H,3-6,9,14-18H2,1-2H3,(H,26,28). The summed E-state index contributed by atoms with van der Waals surface area (Å²) in [6, 6.07) is 12.8. The molecule has 0 aliphatic carbocycles. The Morgan fingerprint density at radius 1 is 1.06 bits per heavy atom. The molecule has 33 heavy (non-hydrogen) atoms. The van der Waals surface area contributed by atoms with Gasteiger partial charge in [0.25, 0.3) is 0 Å². The number of methoxy groups -OCH3 is 1. The van der Waals surface area contributed by atoms with Crippen molar-refractivity contribution in [2.24, 2.45) is 0 Å². The van der Waals surface area contributed by atoms with Gasteiger partial charge in [0.1, 0.15) is 18.1 Å². The van der Waals surface area contributed by atoms with Crippen molar-refractivity contribution in [1.29, 1.82) is 0 Å². The third-order valence-electron chi connectivity index (χ3n) is 5.85. The first-order chi connectivity index (χ1) is 15.9. The van der Waals surface area contributed by atoms with E-state index < -0.39 is 10.0 Å². The molecular weight excluding hydrogens is 440 g/mol.